The van der Waals surface area contributed by atoms with Gasteiger partial charge in [0.15, 0.2) is 0 Å². The smallest absolute Gasteiger partial charge is 0.309 e. The highest BCUT2D eigenvalue weighted by molar-refractivity contribution is 5.68. The lowest BCUT2D eigenvalue weighted by Gasteiger charge is -1.95. The molecule has 0 amide bonds. The van der Waals surface area contributed by atoms with Crippen molar-refractivity contribution < 1.29 is 9.53 Å². The number of esters is 1. The third-order valence-electron chi connectivity index (χ3n) is 1.54. The minimum atomic E-state index is -0.337. The van der Waals surface area contributed by atoms with Gasteiger partial charge in [0.2, 0.25) is 5.88 Å². The van der Waals surface area contributed by atoms with Crippen LogP contribution in [0.15, 0.2) is 6.20 Å². The largest absolute Gasteiger partial charge is 0.406 e. The molecule has 0 unspecified atom stereocenters. The summed E-state index contributed by atoms with van der Waals surface area (Å²) < 4.78 is 6.72. The summed E-state index contributed by atoms with van der Waals surface area (Å²) in [5.74, 6) is 0.895. The molecule has 0 aliphatic carbocycles. The van der Waals surface area contributed by atoms with E-state index < -0.39 is 0 Å². The lowest BCUT2D eigenvalue weighted by Crippen LogP contribution is -2.01. The highest BCUT2D eigenvalue weighted by atomic mass is 16.5. The highest BCUT2D eigenvalue weighted by Gasteiger charge is 2.04. The summed E-state index contributed by atoms with van der Waals surface area (Å²) in [6, 6.07) is 0. The summed E-state index contributed by atoms with van der Waals surface area (Å²) >= 11 is 0. The molecule has 66 valence electrons. The molecule has 0 aliphatic rings. The number of hydrogen-bond donors (Lipinski definition) is 0. The van der Waals surface area contributed by atoms with Gasteiger partial charge in [-0.25, -0.2) is 0 Å². The molecule has 0 saturated carbocycles. The average Bonchev–Trinajstić information content (AvgIpc) is 2.29. The van der Waals surface area contributed by atoms with Crippen LogP contribution in [0.5, 0.6) is 5.88 Å². The fourth-order valence-corrected chi connectivity index (χ4v) is 0.996. The quantitative estimate of drug-likeness (QED) is 0.622. The van der Waals surface area contributed by atoms with Crippen molar-refractivity contribution in [1.82, 2.24) is 9.55 Å². The third kappa shape index (κ3) is 1.84. The van der Waals surface area contributed by atoms with E-state index in [2.05, 4.69) is 4.98 Å². The number of hydrogen-bond acceptors (Lipinski definition) is 3. The Balaban J connectivity index is 2.82. The van der Waals surface area contributed by atoms with E-state index in [1.807, 2.05) is 18.4 Å². The number of nitrogens with zero attached hydrogens (tertiary/aromatic N) is 2. The first-order chi connectivity index (χ1) is 5.63. The van der Waals surface area contributed by atoms with E-state index in [1.165, 1.54) is 6.92 Å². The second kappa shape index (κ2) is 3.38. The normalized spacial score (nSPS) is 9.92. The fourth-order valence-electron chi connectivity index (χ4n) is 0.996. The van der Waals surface area contributed by atoms with Gasteiger partial charge in [-0.3, -0.25) is 4.79 Å². The van der Waals surface area contributed by atoms with Gasteiger partial charge >= 0.3 is 5.97 Å². The summed E-state index contributed by atoms with van der Waals surface area (Å²) in [6.07, 6.45) is 1.72. The topological polar surface area (TPSA) is 44.1 Å². The molecule has 0 radical (unpaired) electrons. The van der Waals surface area contributed by atoms with Crippen LogP contribution >= 0.6 is 0 Å². The van der Waals surface area contributed by atoms with E-state index in [0.29, 0.717) is 5.88 Å². The minimum Gasteiger partial charge on any atom is -0.406 e. The Hall–Kier alpha value is -1.32. The Bertz CT molecular complexity index is 291. The van der Waals surface area contributed by atoms with Crippen molar-refractivity contribution >= 4 is 5.97 Å². The lowest BCUT2D eigenvalue weighted by molar-refractivity contribution is -0.132. The van der Waals surface area contributed by atoms with E-state index in [9.17, 15) is 4.79 Å². The number of imidazole rings is 1. The van der Waals surface area contributed by atoms with Gasteiger partial charge in [0, 0.05) is 13.5 Å². The number of aryl methyl sites for hydroxylation is 2. The third-order valence-corrected chi connectivity index (χ3v) is 1.54. The molecule has 12 heavy (non-hydrogen) atoms. The van der Waals surface area contributed by atoms with E-state index in [0.717, 1.165) is 12.4 Å². The van der Waals surface area contributed by atoms with Crippen molar-refractivity contribution in [3.63, 3.8) is 0 Å². The molecule has 4 heteroatoms. The van der Waals surface area contributed by atoms with Gasteiger partial charge in [-0.15, -0.1) is 0 Å². The lowest BCUT2D eigenvalue weighted by atomic mass is 10.6. The molecular formula is C8H12N2O2. The van der Waals surface area contributed by atoms with Crippen LogP contribution in [-0.4, -0.2) is 15.5 Å². The first-order valence-electron chi connectivity index (χ1n) is 3.85. The van der Waals surface area contributed by atoms with Crippen LogP contribution < -0.4 is 4.74 Å². The predicted octanol–water partition coefficient (Wildman–Crippen LogP) is 1.14. The van der Waals surface area contributed by atoms with Crippen molar-refractivity contribution in [2.24, 2.45) is 0 Å². The Kier molecular flexibility index (Phi) is 2.47. The summed E-state index contributed by atoms with van der Waals surface area (Å²) in [6.45, 7) is 6.07. The van der Waals surface area contributed by atoms with E-state index in [4.69, 9.17) is 4.74 Å². The summed E-state index contributed by atoms with van der Waals surface area (Å²) in [4.78, 5) is 14.6. The number of carbonyl (C=O) groups excluding carboxylic acids is 1. The number of carbonyl (C=O) groups is 1. The summed E-state index contributed by atoms with van der Waals surface area (Å²) in [7, 11) is 0. The fraction of sp³-hybridized carbons (Fsp3) is 0.500. The van der Waals surface area contributed by atoms with Gasteiger partial charge in [0.25, 0.3) is 0 Å². The maximum atomic E-state index is 10.6. The zero-order valence-corrected chi connectivity index (χ0v) is 7.50. The van der Waals surface area contributed by atoms with Crippen LogP contribution in [0.1, 0.15) is 19.7 Å². The molecule has 0 aliphatic heterocycles. The molecule has 0 bridgehead atoms. The van der Waals surface area contributed by atoms with E-state index in [-0.39, 0.29) is 5.97 Å². The molecule has 0 spiro atoms. The highest BCUT2D eigenvalue weighted by Crippen LogP contribution is 2.09. The first kappa shape index (κ1) is 8.77. The second-order valence-corrected chi connectivity index (χ2v) is 2.51. The van der Waals surface area contributed by atoms with Gasteiger partial charge in [0.1, 0.15) is 5.82 Å². The minimum absolute atomic E-state index is 0.337. The van der Waals surface area contributed by atoms with Crippen LogP contribution in [0.4, 0.5) is 0 Å². The van der Waals surface area contributed by atoms with Gasteiger partial charge in [-0.2, -0.15) is 4.98 Å². The Morgan fingerprint density at radius 2 is 2.42 bits per heavy atom. The average molecular weight is 168 g/mol. The summed E-state index contributed by atoms with van der Waals surface area (Å²) in [5, 5.41) is 0. The van der Waals surface area contributed by atoms with Gasteiger partial charge in [-0.05, 0) is 13.8 Å². The molecule has 1 aromatic heterocycles. The van der Waals surface area contributed by atoms with Crippen LogP contribution in [0, 0.1) is 6.92 Å². The van der Waals surface area contributed by atoms with Crippen molar-refractivity contribution in [3.05, 3.63) is 12.0 Å². The standard InChI is InChI=1S/C8H12N2O2/c1-4-10-5-8(9-6(10)2)12-7(3)11/h5H,4H2,1-3H3. The monoisotopic (exact) mass is 168 g/mol. The van der Waals surface area contributed by atoms with Gasteiger partial charge in [-0.1, -0.05) is 0 Å². The number of rotatable bonds is 2. The molecule has 4 nitrogen and oxygen atoms in total. The molecule has 0 saturated heterocycles. The molecule has 1 rings (SSSR count). The van der Waals surface area contributed by atoms with Crippen LogP contribution in [0.2, 0.25) is 0 Å². The molecule has 0 aromatic carbocycles. The van der Waals surface area contributed by atoms with Gasteiger partial charge < -0.3 is 9.30 Å². The second-order valence-electron chi connectivity index (χ2n) is 2.51. The zero-order chi connectivity index (χ0) is 9.14. The van der Waals surface area contributed by atoms with Crippen molar-refractivity contribution in [3.8, 4) is 5.88 Å². The van der Waals surface area contributed by atoms with Gasteiger partial charge in [0.05, 0.1) is 6.20 Å². The van der Waals surface area contributed by atoms with E-state index >= 15 is 0 Å². The van der Waals surface area contributed by atoms with Crippen molar-refractivity contribution in [1.29, 1.82) is 0 Å². The van der Waals surface area contributed by atoms with Crippen LogP contribution in [-0.2, 0) is 11.3 Å². The Labute approximate surface area is 71.2 Å². The summed E-state index contributed by atoms with van der Waals surface area (Å²) in [5.41, 5.74) is 0. The van der Waals surface area contributed by atoms with Crippen LogP contribution in [0.25, 0.3) is 0 Å². The molecule has 0 fully saturated rings. The van der Waals surface area contributed by atoms with Crippen molar-refractivity contribution in [2.75, 3.05) is 0 Å². The zero-order valence-electron chi connectivity index (χ0n) is 7.50. The Morgan fingerprint density at radius 3 is 2.83 bits per heavy atom. The number of ether oxygens (including phenoxy) is 1. The molecular weight excluding hydrogens is 156 g/mol. The molecule has 1 aromatic rings. The number of aromatic nitrogens is 2. The SMILES string of the molecule is CCn1cc(OC(C)=O)nc1C. The first-order valence-corrected chi connectivity index (χ1v) is 3.85. The molecule has 0 atom stereocenters. The van der Waals surface area contributed by atoms with E-state index in [1.54, 1.807) is 6.20 Å². The molecule has 0 N–H and O–H groups in total. The van der Waals surface area contributed by atoms with Crippen molar-refractivity contribution in [2.45, 2.75) is 27.3 Å². The predicted molar refractivity (Wildman–Crippen MR) is 43.9 cm³/mol. The maximum absolute atomic E-state index is 10.6. The van der Waals surface area contributed by atoms with Crippen LogP contribution in [0.3, 0.4) is 0 Å². The molecule has 1 heterocycles. The maximum Gasteiger partial charge on any atom is 0.309 e. The Morgan fingerprint density at radius 1 is 1.75 bits per heavy atom.